The van der Waals surface area contributed by atoms with E-state index in [1.807, 2.05) is 57.2 Å². The molecule has 144 valence electrons. The highest BCUT2D eigenvalue weighted by atomic mass is 35.5. The van der Waals surface area contributed by atoms with E-state index >= 15 is 0 Å². The van der Waals surface area contributed by atoms with Gasteiger partial charge in [-0.3, -0.25) is 4.79 Å². The number of nitrogens with one attached hydrogen (secondary N) is 2. The highest BCUT2D eigenvalue weighted by Gasteiger charge is 2.26. The van der Waals surface area contributed by atoms with E-state index in [-0.39, 0.29) is 18.4 Å². The molecule has 6 heteroatoms. The zero-order valence-electron chi connectivity index (χ0n) is 15.8. The average Bonchev–Trinajstić information content (AvgIpc) is 2.67. The predicted octanol–water partition coefficient (Wildman–Crippen LogP) is 4.93. The Morgan fingerprint density at radius 1 is 1.15 bits per heavy atom. The van der Waals surface area contributed by atoms with E-state index in [2.05, 4.69) is 10.6 Å². The van der Waals surface area contributed by atoms with Crippen LogP contribution in [0.2, 0.25) is 5.02 Å². The summed E-state index contributed by atoms with van der Waals surface area (Å²) in [5.74, 6) is -0.365. The summed E-state index contributed by atoms with van der Waals surface area (Å²) in [4.78, 5) is 24.9. The van der Waals surface area contributed by atoms with Crippen LogP contribution in [0.4, 0.5) is 10.5 Å². The van der Waals surface area contributed by atoms with Crippen LogP contribution in [0.15, 0.2) is 48.5 Å². The molecule has 2 atom stereocenters. The molecule has 0 spiro atoms. The van der Waals surface area contributed by atoms with Gasteiger partial charge in [0.05, 0.1) is 0 Å². The summed E-state index contributed by atoms with van der Waals surface area (Å²) in [6.07, 6.45) is 0.104. The van der Waals surface area contributed by atoms with Crippen molar-refractivity contribution in [2.75, 3.05) is 5.32 Å². The first-order chi connectivity index (χ1) is 12.9. The summed E-state index contributed by atoms with van der Waals surface area (Å²) in [7, 11) is 0. The maximum Gasteiger partial charge on any atom is 0.408 e. The SMILES string of the molecule is CC[C@H](C)[C@H](NC(=O)OCc1ccccc1)C(=O)Nc1ccc(C)c(Cl)c1. The van der Waals surface area contributed by atoms with Gasteiger partial charge < -0.3 is 15.4 Å². The van der Waals surface area contributed by atoms with Crippen LogP contribution in [-0.2, 0) is 16.1 Å². The van der Waals surface area contributed by atoms with E-state index in [1.165, 1.54) is 0 Å². The molecule has 0 fully saturated rings. The maximum absolute atomic E-state index is 12.7. The Labute approximate surface area is 165 Å². The fourth-order valence-electron chi connectivity index (χ4n) is 2.48. The highest BCUT2D eigenvalue weighted by Crippen LogP contribution is 2.21. The van der Waals surface area contributed by atoms with E-state index in [1.54, 1.807) is 12.1 Å². The summed E-state index contributed by atoms with van der Waals surface area (Å²) >= 11 is 6.11. The number of hydrogen-bond acceptors (Lipinski definition) is 3. The number of hydrogen-bond donors (Lipinski definition) is 2. The van der Waals surface area contributed by atoms with Gasteiger partial charge in [-0.05, 0) is 36.1 Å². The van der Waals surface area contributed by atoms with Gasteiger partial charge >= 0.3 is 6.09 Å². The molecular formula is C21H25ClN2O3. The lowest BCUT2D eigenvalue weighted by Crippen LogP contribution is -2.47. The van der Waals surface area contributed by atoms with Crippen molar-refractivity contribution >= 4 is 29.3 Å². The van der Waals surface area contributed by atoms with Gasteiger partial charge in [0.15, 0.2) is 0 Å². The van der Waals surface area contributed by atoms with Crippen LogP contribution in [0.1, 0.15) is 31.4 Å². The number of anilines is 1. The van der Waals surface area contributed by atoms with E-state index < -0.39 is 12.1 Å². The molecule has 0 saturated heterocycles. The van der Waals surface area contributed by atoms with Crippen molar-refractivity contribution in [1.29, 1.82) is 0 Å². The van der Waals surface area contributed by atoms with Crippen molar-refractivity contribution in [3.63, 3.8) is 0 Å². The molecule has 0 saturated carbocycles. The fourth-order valence-corrected chi connectivity index (χ4v) is 2.66. The zero-order valence-corrected chi connectivity index (χ0v) is 16.5. The highest BCUT2D eigenvalue weighted by molar-refractivity contribution is 6.31. The minimum Gasteiger partial charge on any atom is -0.445 e. The van der Waals surface area contributed by atoms with Crippen molar-refractivity contribution in [1.82, 2.24) is 5.32 Å². The second-order valence-electron chi connectivity index (χ2n) is 6.52. The monoisotopic (exact) mass is 388 g/mol. The lowest BCUT2D eigenvalue weighted by atomic mass is 9.98. The third-order valence-corrected chi connectivity index (χ3v) is 4.83. The Bertz CT molecular complexity index is 780. The van der Waals surface area contributed by atoms with Crippen molar-refractivity contribution in [2.24, 2.45) is 5.92 Å². The topological polar surface area (TPSA) is 67.4 Å². The lowest BCUT2D eigenvalue weighted by Gasteiger charge is -2.23. The number of amides is 2. The van der Waals surface area contributed by atoms with Crippen LogP contribution >= 0.6 is 11.6 Å². The molecule has 0 bridgehead atoms. The molecule has 2 amide bonds. The molecule has 0 aromatic heterocycles. The van der Waals surface area contributed by atoms with Gasteiger partial charge in [0, 0.05) is 10.7 Å². The summed E-state index contributed by atoms with van der Waals surface area (Å²) in [5, 5.41) is 6.06. The second kappa shape index (κ2) is 9.97. The van der Waals surface area contributed by atoms with Crippen LogP contribution in [0, 0.1) is 12.8 Å². The molecular weight excluding hydrogens is 364 g/mol. The Kier molecular flexibility index (Phi) is 7.67. The molecule has 0 heterocycles. The van der Waals surface area contributed by atoms with Gasteiger partial charge in [-0.2, -0.15) is 0 Å². The summed E-state index contributed by atoms with van der Waals surface area (Å²) < 4.78 is 5.24. The summed E-state index contributed by atoms with van der Waals surface area (Å²) in [6, 6.07) is 14.0. The molecule has 2 aromatic rings. The van der Waals surface area contributed by atoms with Crippen LogP contribution < -0.4 is 10.6 Å². The van der Waals surface area contributed by atoms with Crippen molar-refractivity contribution < 1.29 is 14.3 Å². The van der Waals surface area contributed by atoms with Gasteiger partial charge in [-0.15, -0.1) is 0 Å². The number of halogens is 1. The Hall–Kier alpha value is -2.53. The van der Waals surface area contributed by atoms with Crippen molar-refractivity contribution in [3.05, 3.63) is 64.7 Å². The van der Waals surface area contributed by atoms with Crippen LogP contribution in [0.25, 0.3) is 0 Å². The minimum atomic E-state index is -0.710. The Morgan fingerprint density at radius 2 is 1.85 bits per heavy atom. The van der Waals surface area contributed by atoms with Gasteiger partial charge in [-0.25, -0.2) is 4.79 Å². The molecule has 0 aliphatic carbocycles. The van der Waals surface area contributed by atoms with Gasteiger partial charge in [-0.1, -0.05) is 68.3 Å². The summed E-state index contributed by atoms with van der Waals surface area (Å²) in [6.45, 7) is 5.91. The third-order valence-electron chi connectivity index (χ3n) is 4.42. The molecule has 27 heavy (non-hydrogen) atoms. The quantitative estimate of drug-likeness (QED) is 0.706. The van der Waals surface area contributed by atoms with Gasteiger partial charge in [0.25, 0.3) is 0 Å². The number of aryl methyl sites for hydroxylation is 1. The number of benzene rings is 2. The average molecular weight is 389 g/mol. The molecule has 2 rings (SSSR count). The van der Waals surface area contributed by atoms with Crippen LogP contribution in [0.5, 0.6) is 0 Å². The van der Waals surface area contributed by atoms with E-state index in [0.717, 1.165) is 17.5 Å². The molecule has 0 radical (unpaired) electrons. The van der Waals surface area contributed by atoms with Crippen molar-refractivity contribution in [2.45, 2.75) is 39.8 Å². The first-order valence-electron chi connectivity index (χ1n) is 8.95. The molecule has 0 unspecified atom stereocenters. The largest absolute Gasteiger partial charge is 0.445 e. The Balaban J connectivity index is 1.99. The standard InChI is InChI=1S/C21H25ClN2O3/c1-4-14(2)19(20(25)23-17-11-10-15(3)18(22)12-17)24-21(26)27-13-16-8-6-5-7-9-16/h5-12,14,19H,4,13H2,1-3H3,(H,23,25)(H,24,26)/t14-,19-/m0/s1. The smallest absolute Gasteiger partial charge is 0.408 e. The maximum atomic E-state index is 12.7. The van der Waals surface area contributed by atoms with Crippen molar-refractivity contribution in [3.8, 4) is 0 Å². The van der Waals surface area contributed by atoms with Gasteiger partial charge in [0.1, 0.15) is 12.6 Å². The first kappa shape index (κ1) is 20.8. The Morgan fingerprint density at radius 3 is 2.48 bits per heavy atom. The molecule has 0 aliphatic rings. The predicted molar refractivity (Wildman–Crippen MR) is 108 cm³/mol. The minimum absolute atomic E-state index is 0.0600. The zero-order chi connectivity index (χ0) is 19.8. The number of ether oxygens (including phenoxy) is 1. The molecule has 2 N–H and O–H groups in total. The first-order valence-corrected chi connectivity index (χ1v) is 9.32. The second-order valence-corrected chi connectivity index (χ2v) is 6.93. The lowest BCUT2D eigenvalue weighted by molar-refractivity contribution is -0.119. The van der Waals surface area contributed by atoms with E-state index in [0.29, 0.717) is 10.7 Å². The van der Waals surface area contributed by atoms with E-state index in [9.17, 15) is 9.59 Å². The summed E-state index contributed by atoms with van der Waals surface area (Å²) in [5.41, 5.74) is 2.39. The fraction of sp³-hybridized carbons (Fsp3) is 0.333. The number of carbonyl (C=O) groups excluding carboxylic acids is 2. The van der Waals surface area contributed by atoms with E-state index in [4.69, 9.17) is 16.3 Å². The molecule has 0 aliphatic heterocycles. The normalized spacial score (nSPS) is 12.7. The third kappa shape index (κ3) is 6.29. The number of carbonyl (C=O) groups is 2. The van der Waals surface area contributed by atoms with Crippen LogP contribution in [-0.4, -0.2) is 18.0 Å². The van der Waals surface area contributed by atoms with Crippen LogP contribution in [0.3, 0.4) is 0 Å². The molecule has 2 aromatic carbocycles. The van der Waals surface area contributed by atoms with Gasteiger partial charge in [0.2, 0.25) is 5.91 Å². The number of rotatable bonds is 7. The molecule has 5 nitrogen and oxygen atoms in total. The number of alkyl carbamates (subject to hydrolysis) is 1.